The quantitative estimate of drug-likeness (QED) is 0.643. The Hall–Kier alpha value is -0.820. The predicted molar refractivity (Wildman–Crippen MR) is 80.4 cm³/mol. The largest absolute Gasteiger partial charge is 0.370 e. The van der Waals surface area contributed by atoms with Gasteiger partial charge in [0, 0.05) is 16.5 Å². The number of hydrogen-bond acceptors (Lipinski definition) is 2. The minimum atomic E-state index is -0.276. The molecule has 2 rings (SSSR count). The van der Waals surface area contributed by atoms with Crippen LogP contribution in [0, 0.1) is 3.57 Å². The van der Waals surface area contributed by atoms with Crippen LogP contribution in [0.5, 0.6) is 0 Å². The topological polar surface area (TPSA) is 60.9 Å². The van der Waals surface area contributed by atoms with Gasteiger partial charge in [0.05, 0.1) is 16.9 Å². The highest BCUT2D eigenvalue weighted by atomic mass is 127. The molecule has 6 heteroatoms. The Morgan fingerprint density at radius 1 is 1.50 bits per heavy atom. The summed E-state index contributed by atoms with van der Waals surface area (Å²) in [4.78, 5) is 15.3. The van der Waals surface area contributed by atoms with E-state index in [-0.39, 0.29) is 5.91 Å². The molecule has 0 saturated heterocycles. The summed E-state index contributed by atoms with van der Waals surface area (Å²) in [5.41, 5.74) is 7.14. The lowest BCUT2D eigenvalue weighted by Gasteiger charge is -2.06. The number of benzene rings is 1. The molecule has 0 saturated carbocycles. The SMILES string of the molecule is NC(=O)CCCn1c(CCl)nc2cc(I)ccc21. The van der Waals surface area contributed by atoms with Gasteiger partial charge < -0.3 is 10.3 Å². The Kier molecular flexibility index (Phi) is 4.45. The number of nitrogens with two attached hydrogens (primary N) is 1. The first-order valence-corrected chi connectivity index (χ1v) is 7.22. The maximum absolute atomic E-state index is 10.8. The van der Waals surface area contributed by atoms with Gasteiger partial charge in [-0.15, -0.1) is 11.6 Å². The second-order valence-corrected chi connectivity index (χ2v) is 5.53. The molecule has 2 aromatic rings. The first-order valence-electron chi connectivity index (χ1n) is 5.60. The maximum atomic E-state index is 10.8. The number of primary amides is 1. The van der Waals surface area contributed by atoms with Crippen LogP contribution in [0.25, 0.3) is 11.0 Å². The summed E-state index contributed by atoms with van der Waals surface area (Å²) in [5.74, 6) is 0.918. The molecule has 1 amide bonds. The van der Waals surface area contributed by atoms with E-state index in [2.05, 4.69) is 32.1 Å². The van der Waals surface area contributed by atoms with E-state index in [9.17, 15) is 4.79 Å². The van der Waals surface area contributed by atoms with Crippen molar-refractivity contribution in [2.45, 2.75) is 25.3 Å². The van der Waals surface area contributed by atoms with Crippen molar-refractivity contribution in [2.75, 3.05) is 0 Å². The summed E-state index contributed by atoms with van der Waals surface area (Å²) in [6, 6.07) is 6.09. The van der Waals surface area contributed by atoms with Gasteiger partial charge in [0.15, 0.2) is 0 Å². The van der Waals surface area contributed by atoms with Crippen molar-refractivity contribution in [3.05, 3.63) is 27.6 Å². The maximum Gasteiger partial charge on any atom is 0.217 e. The van der Waals surface area contributed by atoms with E-state index < -0.39 is 0 Å². The molecule has 18 heavy (non-hydrogen) atoms. The third-order valence-electron chi connectivity index (χ3n) is 2.71. The van der Waals surface area contributed by atoms with Crippen molar-refractivity contribution < 1.29 is 4.79 Å². The number of imidazole rings is 1. The van der Waals surface area contributed by atoms with Gasteiger partial charge in [-0.05, 0) is 47.2 Å². The first-order chi connectivity index (χ1) is 8.61. The van der Waals surface area contributed by atoms with Crippen LogP contribution in [-0.2, 0) is 17.2 Å². The van der Waals surface area contributed by atoms with Crippen LogP contribution in [-0.4, -0.2) is 15.5 Å². The Labute approximate surface area is 124 Å². The molecule has 96 valence electrons. The van der Waals surface area contributed by atoms with Gasteiger partial charge in [-0.2, -0.15) is 0 Å². The molecule has 1 aromatic carbocycles. The van der Waals surface area contributed by atoms with E-state index in [1.807, 2.05) is 18.2 Å². The van der Waals surface area contributed by atoms with Crippen molar-refractivity contribution in [2.24, 2.45) is 5.73 Å². The third kappa shape index (κ3) is 2.95. The number of fused-ring (bicyclic) bond motifs is 1. The molecule has 0 fully saturated rings. The van der Waals surface area contributed by atoms with Gasteiger partial charge >= 0.3 is 0 Å². The second-order valence-electron chi connectivity index (χ2n) is 4.02. The number of amides is 1. The summed E-state index contributed by atoms with van der Waals surface area (Å²) >= 11 is 8.16. The third-order valence-corrected chi connectivity index (χ3v) is 3.62. The van der Waals surface area contributed by atoms with Crippen molar-refractivity contribution in [1.29, 1.82) is 0 Å². The number of rotatable bonds is 5. The monoisotopic (exact) mass is 377 g/mol. The number of carbonyl (C=O) groups excluding carboxylic acids is 1. The van der Waals surface area contributed by atoms with Crippen molar-refractivity contribution in [3.63, 3.8) is 0 Å². The average molecular weight is 378 g/mol. The van der Waals surface area contributed by atoms with Gasteiger partial charge in [-0.3, -0.25) is 4.79 Å². The number of alkyl halides is 1. The van der Waals surface area contributed by atoms with Crippen LogP contribution >= 0.6 is 34.2 Å². The number of nitrogens with zero attached hydrogens (tertiary/aromatic N) is 2. The van der Waals surface area contributed by atoms with E-state index in [0.29, 0.717) is 25.3 Å². The molecular weight excluding hydrogens is 365 g/mol. The lowest BCUT2D eigenvalue weighted by Crippen LogP contribution is -2.12. The van der Waals surface area contributed by atoms with Crippen molar-refractivity contribution >= 4 is 51.1 Å². The highest BCUT2D eigenvalue weighted by Gasteiger charge is 2.10. The van der Waals surface area contributed by atoms with E-state index in [1.165, 1.54) is 0 Å². The Morgan fingerprint density at radius 2 is 2.28 bits per heavy atom. The summed E-state index contributed by atoms with van der Waals surface area (Å²) in [6.07, 6.45) is 1.09. The van der Waals surface area contributed by atoms with E-state index in [4.69, 9.17) is 17.3 Å². The smallest absolute Gasteiger partial charge is 0.217 e. The molecule has 1 heterocycles. The molecule has 0 bridgehead atoms. The van der Waals surface area contributed by atoms with Crippen molar-refractivity contribution in [1.82, 2.24) is 9.55 Å². The van der Waals surface area contributed by atoms with Crippen LogP contribution in [0.2, 0.25) is 0 Å². The molecular formula is C12H13ClIN3O. The van der Waals surface area contributed by atoms with Gasteiger partial charge in [0.25, 0.3) is 0 Å². The Morgan fingerprint density at radius 3 is 2.94 bits per heavy atom. The fourth-order valence-corrected chi connectivity index (χ4v) is 2.59. The van der Waals surface area contributed by atoms with Crippen LogP contribution in [0.15, 0.2) is 18.2 Å². The summed E-state index contributed by atoms with van der Waals surface area (Å²) in [5, 5.41) is 0. The minimum Gasteiger partial charge on any atom is -0.370 e. The lowest BCUT2D eigenvalue weighted by molar-refractivity contribution is -0.118. The first kappa shape index (κ1) is 13.6. The normalized spacial score (nSPS) is 11.0. The van der Waals surface area contributed by atoms with Crippen LogP contribution in [0.3, 0.4) is 0 Å². The molecule has 0 spiro atoms. The van der Waals surface area contributed by atoms with Gasteiger partial charge in [-0.25, -0.2) is 4.98 Å². The number of carbonyl (C=O) groups is 1. The highest BCUT2D eigenvalue weighted by Crippen LogP contribution is 2.20. The highest BCUT2D eigenvalue weighted by molar-refractivity contribution is 14.1. The standard InChI is InChI=1S/C12H13ClIN3O/c13-7-12-16-9-6-8(14)3-4-10(9)17(12)5-1-2-11(15)18/h3-4,6H,1-2,5,7H2,(H2,15,18). The number of halogens is 2. The molecule has 0 radical (unpaired) electrons. The van der Waals surface area contributed by atoms with Gasteiger partial charge in [-0.1, -0.05) is 0 Å². The fourth-order valence-electron chi connectivity index (χ4n) is 1.92. The van der Waals surface area contributed by atoms with Crippen molar-refractivity contribution in [3.8, 4) is 0 Å². The number of hydrogen-bond donors (Lipinski definition) is 1. The molecule has 0 aliphatic rings. The van der Waals surface area contributed by atoms with E-state index >= 15 is 0 Å². The molecule has 2 N–H and O–H groups in total. The molecule has 4 nitrogen and oxygen atoms in total. The fraction of sp³-hybridized carbons (Fsp3) is 0.333. The average Bonchev–Trinajstić information content (AvgIpc) is 2.66. The minimum absolute atomic E-state index is 0.276. The zero-order chi connectivity index (χ0) is 13.1. The number of aryl methyl sites for hydroxylation is 1. The zero-order valence-electron chi connectivity index (χ0n) is 9.70. The lowest BCUT2D eigenvalue weighted by atomic mass is 10.3. The summed E-state index contributed by atoms with van der Waals surface area (Å²) in [6.45, 7) is 0.710. The Balaban J connectivity index is 2.31. The number of aromatic nitrogens is 2. The van der Waals surface area contributed by atoms with Crippen LogP contribution in [0.4, 0.5) is 0 Å². The predicted octanol–water partition coefficient (Wildman–Crippen LogP) is 2.65. The van der Waals surface area contributed by atoms with Gasteiger partial charge in [0.1, 0.15) is 5.82 Å². The van der Waals surface area contributed by atoms with Crippen LogP contribution < -0.4 is 5.73 Å². The molecule has 0 aliphatic carbocycles. The second kappa shape index (κ2) is 5.88. The van der Waals surface area contributed by atoms with Gasteiger partial charge in [0.2, 0.25) is 5.91 Å². The van der Waals surface area contributed by atoms with Crippen LogP contribution in [0.1, 0.15) is 18.7 Å². The van der Waals surface area contributed by atoms with E-state index in [1.54, 1.807) is 0 Å². The molecule has 0 atom stereocenters. The zero-order valence-corrected chi connectivity index (χ0v) is 12.6. The molecule has 0 aliphatic heterocycles. The summed E-state index contributed by atoms with van der Waals surface area (Å²) in [7, 11) is 0. The molecule has 1 aromatic heterocycles. The summed E-state index contributed by atoms with van der Waals surface area (Å²) < 4.78 is 3.20. The Bertz CT molecular complexity index is 582. The molecule has 0 unspecified atom stereocenters. The van der Waals surface area contributed by atoms with E-state index in [0.717, 1.165) is 20.4 Å².